The largest absolute Gasteiger partial charge is 0.381 e. The zero-order chi connectivity index (χ0) is 33.0. The van der Waals surface area contributed by atoms with E-state index in [9.17, 15) is 0 Å². The van der Waals surface area contributed by atoms with Gasteiger partial charge in [-0.05, 0) is 71.3 Å². The van der Waals surface area contributed by atoms with Crippen molar-refractivity contribution in [3.05, 3.63) is 24.3 Å². The van der Waals surface area contributed by atoms with E-state index < -0.39 is 0 Å². The van der Waals surface area contributed by atoms with Gasteiger partial charge in [-0.15, -0.1) is 0 Å². The quantitative estimate of drug-likeness (QED) is 0.0500. The summed E-state index contributed by atoms with van der Waals surface area (Å²) in [5.74, 6) is 1.28. The minimum absolute atomic E-state index is 0.638. The minimum Gasteiger partial charge on any atom is -0.381 e. The molecular weight excluding hydrogens is 562 g/mol. The number of allylic oxidation sites excluding steroid dienone is 4. The second kappa shape index (κ2) is 35.7. The number of unbranched alkanes of at least 4 members (excludes halogenated alkanes) is 24. The Balaban J connectivity index is 1.86. The molecule has 0 aromatic carbocycles. The first-order valence-corrected chi connectivity index (χ1v) is 20.9. The molecule has 3 heteroatoms. The standard InChI is InChI=1S/C43H83NO2/c1-4-6-8-10-12-14-16-18-20-22-24-26-28-30-32-34-36-45-40-42-38-44(3)39-43(42)41-46-37-35-33-31-29-27-25-23-21-19-17-15-13-11-9-7-5-2/h18-21,42-43H,4-17,22-41H2,1-3H3/t42-,43-/m0/s1. The van der Waals surface area contributed by atoms with Crippen LogP contribution in [-0.4, -0.2) is 51.5 Å². The van der Waals surface area contributed by atoms with Gasteiger partial charge in [-0.2, -0.15) is 0 Å². The second-order valence-electron chi connectivity index (χ2n) is 14.8. The van der Waals surface area contributed by atoms with Gasteiger partial charge in [0.2, 0.25) is 0 Å². The van der Waals surface area contributed by atoms with Crippen LogP contribution in [0.3, 0.4) is 0 Å². The minimum atomic E-state index is 0.638. The van der Waals surface area contributed by atoms with Crippen LogP contribution in [0.15, 0.2) is 24.3 Å². The predicted octanol–water partition coefficient (Wildman–Crippen LogP) is 13.3. The van der Waals surface area contributed by atoms with Crippen molar-refractivity contribution in [1.82, 2.24) is 4.90 Å². The maximum atomic E-state index is 6.16. The molecule has 0 saturated carbocycles. The number of likely N-dealkylation sites (tertiary alicyclic amines) is 1. The summed E-state index contributed by atoms with van der Waals surface area (Å²) in [7, 11) is 2.25. The third-order valence-electron chi connectivity index (χ3n) is 10.0. The molecule has 2 atom stereocenters. The molecule has 0 unspecified atom stereocenters. The van der Waals surface area contributed by atoms with Crippen molar-refractivity contribution >= 4 is 0 Å². The fourth-order valence-electron chi connectivity index (χ4n) is 6.92. The first-order valence-electron chi connectivity index (χ1n) is 20.9. The Morgan fingerprint density at radius 2 is 0.696 bits per heavy atom. The van der Waals surface area contributed by atoms with E-state index in [0.717, 1.165) is 39.5 Å². The lowest BCUT2D eigenvalue weighted by atomic mass is 9.98. The number of hydrogen-bond donors (Lipinski definition) is 0. The molecule has 1 fully saturated rings. The number of rotatable bonds is 36. The Hall–Kier alpha value is -0.640. The molecule has 0 aromatic heterocycles. The second-order valence-corrected chi connectivity index (χ2v) is 14.8. The molecule has 0 aromatic rings. The first-order chi connectivity index (χ1) is 22.8. The molecule has 0 amide bonds. The van der Waals surface area contributed by atoms with Gasteiger partial charge in [0, 0.05) is 38.1 Å². The zero-order valence-electron chi connectivity index (χ0n) is 31.8. The van der Waals surface area contributed by atoms with Crippen LogP contribution in [0, 0.1) is 11.8 Å². The number of ether oxygens (including phenoxy) is 2. The van der Waals surface area contributed by atoms with E-state index in [1.165, 1.54) is 180 Å². The fraction of sp³-hybridized carbons (Fsp3) is 0.907. The van der Waals surface area contributed by atoms with Crippen LogP contribution in [0.25, 0.3) is 0 Å². The van der Waals surface area contributed by atoms with Gasteiger partial charge in [0.15, 0.2) is 0 Å². The highest BCUT2D eigenvalue weighted by atomic mass is 16.5. The van der Waals surface area contributed by atoms with Gasteiger partial charge in [0.25, 0.3) is 0 Å². The van der Waals surface area contributed by atoms with Gasteiger partial charge in [0.1, 0.15) is 0 Å². The Morgan fingerprint density at radius 3 is 1.02 bits per heavy atom. The highest BCUT2D eigenvalue weighted by molar-refractivity contribution is 4.83. The predicted molar refractivity (Wildman–Crippen MR) is 205 cm³/mol. The van der Waals surface area contributed by atoms with Crippen LogP contribution in [0.2, 0.25) is 0 Å². The van der Waals surface area contributed by atoms with E-state index in [-0.39, 0.29) is 0 Å². The lowest BCUT2D eigenvalue weighted by Gasteiger charge is -2.18. The maximum Gasteiger partial charge on any atom is 0.0510 e. The average Bonchev–Trinajstić information content (AvgIpc) is 3.42. The van der Waals surface area contributed by atoms with E-state index >= 15 is 0 Å². The van der Waals surface area contributed by atoms with Gasteiger partial charge in [-0.1, -0.05) is 154 Å². The number of hydrogen-bond acceptors (Lipinski definition) is 3. The van der Waals surface area contributed by atoms with Crippen molar-refractivity contribution in [2.75, 3.05) is 46.6 Å². The van der Waals surface area contributed by atoms with E-state index in [2.05, 4.69) is 50.1 Å². The summed E-state index contributed by atoms with van der Waals surface area (Å²) >= 11 is 0. The molecule has 272 valence electrons. The molecule has 46 heavy (non-hydrogen) atoms. The van der Waals surface area contributed by atoms with E-state index in [1.54, 1.807) is 0 Å². The Bertz CT molecular complexity index is 593. The van der Waals surface area contributed by atoms with Gasteiger partial charge >= 0.3 is 0 Å². The highest BCUT2D eigenvalue weighted by Crippen LogP contribution is 2.23. The summed E-state index contributed by atoms with van der Waals surface area (Å²) in [6, 6.07) is 0. The normalized spacial score (nSPS) is 17.4. The van der Waals surface area contributed by atoms with E-state index in [0.29, 0.717) is 11.8 Å². The summed E-state index contributed by atoms with van der Waals surface area (Å²) in [5, 5.41) is 0. The first kappa shape index (κ1) is 43.4. The molecular formula is C43H83NO2. The third kappa shape index (κ3) is 29.5. The molecule has 1 heterocycles. The molecule has 1 aliphatic heterocycles. The van der Waals surface area contributed by atoms with Crippen LogP contribution in [0.1, 0.15) is 194 Å². The third-order valence-corrected chi connectivity index (χ3v) is 10.0. The highest BCUT2D eigenvalue weighted by Gasteiger charge is 2.30. The summed E-state index contributed by atoms with van der Waals surface area (Å²) < 4.78 is 12.3. The van der Waals surface area contributed by atoms with Crippen molar-refractivity contribution in [2.45, 2.75) is 194 Å². The van der Waals surface area contributed by atoms with Crippen LogP contribution in [0.4, 0.5) is 0 Å². The van der Waals surface area contributed by atoms with Crippen molar-refractivity contribution in [2.24, 2.45) is 11.8 Å². The van der Waals surface area contributed by atoms with Gasteiger partial charge < -0.3 is 14.4 Å². The lowest BCUT2D eigenvalue weighted by molar-refractivity contribution is 0.0482. The topological polar surface area (TPSA) is 21.7 Å². The van der Waals surface area contributed by atoms with Gasteiger partial charge in [-0.3, -0.25) is 0 Å². The maximum absolute atomic E-state index is 6.16. The molecule has 0 spiro atoms. The van der Waals surface area contributed by atoms with Gasteiger partial charge in [0.05, 0.1) is 13.2 Å². The summed E-state index contributed by atoms with van der Waals surface area (Å²) in [6.07, 6.45) is 47.7. The van der Waals surface area contributed by atoms with Crippen LogP contribution < -0.4 is 0 Å². The fourth-order valence-corrected chi connectivity index (χ4v) is 6.92. The molecule has 1 saturated heterocycles. The Kier molecular flexibility index (Phi) is 33.6. The van der Waals surface area contributed by atoms with Crippen molar-refractivity contribution in [3.63, 3.8) is 0 Å². The smallest absolute Gasteiger partial charge is 0.0510 e. The number of nitrogens with zero attached hydrogens (tertiary/aromatic N) is 1. The molecule has 0 aliphatic carbocycles. The molecule has 3 nitrogen and oxygen atoms in total. The molecule has 0 bridgehead atoms. The Labute approximate surface area is 290 Å². The van der Waals surface area contributed by atoms with Crippen molar-refractivity contribution in [1.29, 1.82) is 0 Å². The van der Waals surface area contributed by atoms with Crippen LogP contribution in [0.5, 0.6) is 0 Å². The van der Waals surface area contributed by atoms with Crippen molar-refractivity contribution in [3.8, 4) is 0 Å². The van der Waals surface area contributed by atoms with Crippen LogP contribution in [-0.2, 0) is 9.47 Å². The van der Waals surface area contributed by atoms with Crippen molar-refractivity contribution < 1.29 is 9.47 Å². The molecule has 0 N–H and O–H groups in total. The Morgan fingerprint density at radius 1 is 0.413 bits per heavy atom. The van der Waals surface area contributed by atoms with Gasteiger partial charge in [-0.25, -0.2) is 0 Å². The lowest BCUT2D eigenvalue weighted by Crippen LogP contribution is -2.23. The monoisotopic (exact) mass is 646 g/mol. The summed E-state index contributed by atoms with van der Waals surface area (Å²) in [4.78, 5) is 2.47. The van der Waals surface area contributed by atoms with Crippen LogP contribution >= 0.6 is 0 Å². The molecule has 0 radical (unpaired) electrons. The summed E-state index contributed by atoms with van der Waals surface area (Å²) in [6.45, 7) is 10.6. The average molecular weight is 646 g/mol. The summed E-state index contributed by atoms with van der Waals surface area (Å²) in [5.41, 5.74) is 0. The molecule has 1 aliphatic rings. The van der Waals surface area contributed by atoms with E-state index in [1.807, 2.05) is 0 Å². The molecule has 1 rings (SSSR count). The van der Waals surface area contributed by atoms with E-state index in [4.69, 9.17) is 9.47 Å². The SMILES string of the molecule is CCCCCCCCC=CCCCCCCCCOC[C@@H]1CN(C)C[C@H]1COCCCCCCCCC=CCCCCCCCC. The zero-order valence-corrected chi connectivity index (χ0v) is 31.8.